The van der Waals surface area contributed by atoms with Crippen molar-refractivity contribution < 1.29 is 13.6 Å². The molecule has 0 unspecified atom stereocenters. The Hall–Kier alpha value is -3.02. The van der Waals surface area contributed by atoms with Crippen LogP contribution in [0.3, 0.4) is 0 Å². The zero-order chi connectivity index (χ0) is 18.3. The lowest BCUT2D eigenvalue weighted by molar-refractivity contribution is 0.0953. The molecule has 0 bridgehead atoms. The van der Waals surface area contributed by atoms with Crippen molar-refractivity contribution in [3.63, 3.8) is 0 Å². The van der Waals surface area contributed by atoms with Gasteiger partial charge in [-0.05, 0) is 48.7 Å². The maximum absolute atomic E-state index is 14.0. The van der Waals surface area contributed by atoms with E-state index in [0.717, 1.165) is 5.69 Å². The molecule has 4 nitrogen and oxygen atoms in total. The second kappa shape index (κ2) is 6.37. The fourth-order valence-electron chi connectivity index (χ4n) is 3.33. The first-order chi connectivity index (χ1) is 12.5. The number of Topliss-reactive ketones (excluding diaryl/α,β-unsaturated/α-hetero) is 1. The molecule has 26 heavy (non-hydrogen) atoms. The summed E-state index contributed by atoms with van der Waals surface area (Å²) < 4.78 is 28.9. The third-order valence-electron chi connectivity index (χ3n) is 4.53. The third kappa shape index (κ3) is 2.87. The smallest absolute Gasteiger partial charge is 0.168 e. The topological polar surface area (TPSA) is 46.9 Å². The van der Waals surface area contributed by atoms with Crippen molar-refractivity contribution in [2.75, 3.05) is 5.32 Å². The largest absolute Gasteiger partial charge is 0.336 e. The van der Waals surface area contributed by atoms with E-state index in [1.54, 1.807) is 35.0 Å². The second-order valence-electron chi connectivity index (χ2n) is 6.60. The average molecular weight is 353 g/mol. The highest BCUT2D eigenvalue weighted by atomic mass is 19.1. The number of carbonyl (C=O) groups is 1. The van der Waals surface area contributed by atoms with E-state index >= 15 is 0 Å². The number of carbonyl (C=O) groups excluding carboxylic acids is 1. The number of anilines is 2. The molecule has 0 saturated carbocycles. The van der Waals surface area contributed by atoms with Gasteiger partial charge in [0, 0.05) is 6.42 Å². The van der Waals surface area contributed by atoms with Crippen LogP contribution in [0.4, 0.5) is 20.3 Å². The van der Waals surface area contributed by atoms with Crippen LogP contribution in [0.1, 0.15) is 29.4 Å². The van der Waals surface area contributed by atoms with E-state index in [-0.39, 0.29) is 23.2 Å². The van der Waals surface area contributed by atoms with Crippen molar-refractivity contribution in [2.24, 2.45) is 5.92 Å². The second-order valence-corrected chi connectivity index (χ2v) is 6.60. The molecule has 1 aliphatic rings. The van der Waals surface area contributed by atoms with Crippen LogP contribution in [-0.4, -0.2) is 15.6 Å². The molecule has 3 aromatic rings. The van der Waals surface area contributed by atoms with E-state index < -0.39 is 5.82 Å². The van der Waals surface area contributed by atoms with Gasteiger partial charge in [-0.1, -0.05) is 19.1 Å². The quantitative estimate of drug-likeness (QED) is 0.745. The molecule has 0 aliphatic heterocycles. The Balaban J connectivity index is 1.84. The summed E-state index contributed by atoms with van der Waals surface area (Å²) in [4.78, 5) is 12.6. The van der Waals surface area contributed by atoms with E-state index in [1.165, 1.54) is 18.2 Å². The summed E-state index contributed by atoms with van der Waals surface area (Å²) in [6.45, 7) is 2.01. The van der Waals surface area contributed by atoms with Gasteiger partial charge in [-0.3, -0.25) is 4.79 Å². The van der Waals surface area contributed by atoms with E-state index in [0.29, 0.717) is 29.9 Å². The highest BCUT2D eigenvalue weighted by Gasteiger charge is 2.31. The summed E-state index contributed by atoms with van der Waals surface area (Å²) in [5, 5.41) is 7.45. The van der Waals surface area contributed by atoms with Crippen LogP contribution >= 0.6 is 0 Å². The molecule has 1 N–H and O–H groups in total. The number of para-hydroxylation sites is 1. The van der Waals surface area contributed by atoms with Crippen molar-refractivity contribution in [3.05, 3.63) is 71.4 Å². The van der Waals surface area contributed by atoms with E-state index in [4.69, 9.17) is 0 Å². The van der Waals surface area contributed by atoms with Gasteiger partial charge in [0.15, 0.2) is 11.6 Å². The highest BCUT2D eigenvalue weighted by molar-refractivity contribution is 6.03. The molecule has 4 rings (SSSR count). The molecule has 1 aliphatic carbocycles. The molecular weight excluding hydrogens is 336 g/mol. The standard InChI is InChI=1S/C20H17F2N3O/c1-12-10-17-19(18(26)11-12)20(23-16-5-3-2-4-15(16)22)24-25(17)14-8-6-13(21)7-9-14/h2-9,12H,10-11H2,1H3,(H,23,24)/t12-/m1/s1. The van der Waals surface area contributed by atoms with Gasteiger partial charge in [0.25, 0.3) is 0 Å². The molecule has 0 fully saturated rings. The van der Waals surface area contributed by atoms with E-state index in [9.17, 15) is 13.6 Å². The van der Waals surface area contributed by atoms with Crippen LogP contribution < -0.4 is 5.32 Å². The SMILES string of the molecule is C[C@H]1CC(=O)c2c(Nc3ccccc3F)nn(-c3ccc(F)cc3)c2C1. The molecular formula is C20H17F2N3O. The molecule has 1 atom stereocenters. The number of halogens is 2. The van der Waals surface area contributed by atoms with Gasteiger partial charge in [0.1, 0.15) is 11.6 Å². The van der Waals surface area contributed by atoms with E-state index in [1.807, 2.05) is 6.92 Å². The summed E-state index contributed by atoms with van der Waals surface area (Å²) >= 11 is 0. The molecule has 0 saturated heterocycles. The molecule has 1 aromatic heterocycles. The van der Waals surface area contributed by atoms with Crippen LogP contribution in [0, 0.1) is 17.6 Å². The van der Waals surface area contributed by atoms with Crippen LogP contribution in [0.2, 0.25) is 0 Å². The molecule has 0 amide bonds. The zero-order valence-electron chi connectivity index (χ0n) is 14.2. The minimum Gasteiger partial charge on any atom is -0.336 e. The number of nitrogens with zero attached hydrogens (tertiary/aromatic N) is 2. The lowest BCUT2D eigenvalue weighted by atomic mass is 9.87. The van der Waals surface area contributed by atoms with Gasteiger partial charge in [0.2, 0.25) is 0 Å². The number of hydrogen-bond acceptors (Lipinski definition) is 3. The Morgan fingerprint density at radius 2 is 1.81 bits per heavy atom. The molecule has 0 radical (unpaired) electrons. The van der Waals surface area contributed by atoms with Crippen LogP contribution in [0.5, 0.6) is 0 Å². The minimum absolute atomic E-state index is 0.0223. The highest BCUT2D eigenvalue weighted by Crippen LogP contribution is 2.34. The van der Waals surface area contributed by atoms with Crippen LogP contribution in [-0.2, 0) is 6.42 Å². The molecule has 2 aromatic carbocycles. The van der Waals surface area contributed by atoms with Gasteiger partial charge < -0.3 is 5.32 Å². The Morgan fingerprint density at radius 3 is 2.54 bits per heavy atom. The maximum Gasteiger partial charge on any atom is 0.168 e. The van der Waals surface area contributed by atoms with Gasteiger partial charge >= 0.3 is 0 Å². The van der Waals surface area contributed by atoms with Gasteiger partial charge in [-0.25, -0.2) is 13.5 Å². The fraction of sp³-hybridized carbons (Fsp3) is 0.200. The molecule has 6 heteroatoms. The van der Waals surface area contributed by atoms with Crippen molar-refractivity contribution in [3.8, 4) is 5.69 Å². The van der Waals surface area contributed by atoms with Crippen molar-refractivity contribution in [2.45, 2.75) is 19.8 Å². The average Bonchev–Trinajstić information content (AvgIpc) is 2.96. The zero-order valence-corrected chi connectivity index (χ0v) is 14.2. The Labute approximate surface area is 149 Å². The fourth-order valence-corrected chi connectivity index (χ4v) is 3.33. The summed E-state index contributed by atoms with van der Waals surface area (Å²) in [7, 11) is 0. The first-order valence-corrected chi connectivity index (χ1v) is 8.45. The first kappa shape index (κ1) is 16.4. The number of aromatic nitrogens is 2. The third-order valence-corrected chi connectivity index (χ3v) is 4.53. The summed E-state index contributed by atoms with van der Waals surface area (Å²) in [5.74, 6) is -0.275. The van der Waals surface area contributed by atoms with Gasteiger partial charge in [0.05, 0.1) is 22.6 Å². The van der Waals surface area contributed by atoms with Crippen molar-refractivity contribution in [1.29, 1.82) is 0 Å². The molecule has 132 valence electrons. The lowest BCUT2D eigenvalue weighted by Gasteiger charge is -2.19. The normalized spacial score (nSPS) is 16.4. The minimum atomic E-state index is -0.422. The van der Waals surface area contributed by atoms with Gasteiger partial charge in [-0.2, -0.15) is 0 Å². The monoisotopic (exact) mass is 353 g/mol. The predicted molar refractivity (Wildman–Crippen MR) is 95.0 cm³/mol. The van der Waals surface area contributed by atoms with Crippen molar-refractivity contribution >= 4 is 17.3 Å². The predicted octanol–water partition coefficient (Wildman–Crippen LogP) is 4.66. The molecule has 0 spiro atoms. The summed E-state index contributed by atoms with van der Waals surface area (Å²) in [6, 6.07) is 12.2. The Bertz CT molecular complexity index is 979. The Kier molecular flexibility index (Phi) is 4.03. The number of ketones is 1. The maximum atomic E-state index is 14.0. The number of benzene rings is 2. The number of hydrogen-bond donors (Lipinski definition) is 1. The summed E-state index contributed by atoms with van der Waals surface area (Å²) in [6.07, 6.45) is 1.10. The van der Waals surface area contributed by atoms with Crippen molar-refractivity contribution in [1.82, 2.24) is 9.78 Å². The number of nitrogens with one attached hydrogen (secondary N) is 1. The van der Waals surface area contributed by atoms with Crippen LogP contribution in [0.25, 0.3) is 5.69 Å². The molecule has 1 heterocycles. The lowest BCUT2D eigenvalue weighted by Crippen LogP contribution is -2.19. The van der Waals surface area contributed by atoms with Gasteiger partial charge in [-0.15, -0.1) is 5.10 Å². The summed E-state index contributed by atoms with van der Waals surface area (Å²) in [5.41, 5.74) is 2.16. The first-order valence-electron chi connectivity index (χ1n) is 8.45. The number of rotatable bonds is 3. The number of fused-ring (bicyclic) bond motifs is 1. The van der Waals surface area contributed by atoms with Crippen LogP contribution in [0.15, 0.2) is 48.5 Å². The van der Waals surface area contributed by atoms with E-state index in [2.05, 4.69) is 10.4 Å². The Morgan fingerprint density at radius 1 is 1.08 bits per heavy atom.